The Morgan fingerprint density at radius 3 is 2.64 bits per heavy atom. The van der Waals surface area contributed by atoms with Crippen molar-refractivity contribution in [3.63, 3.8) is 0 Å². The molecule has 1 fully saturated rings. The van der Waals surface area contributed by atoms with E-state index in [2.05, 4.69) is 0 Å². The van der Waals surface area contributed by atoms with Gasteiger partial charge in [0.25, 0.3) is 0 Å². The summed E-state index contributed by atoms with van der Waals surface area (Å²) in [6.07, 6.45) is -19.7. The second-order valence-corrected chi connectivity index (χ2v) is 6.00. The predicted octanol–water partition coefficient (Wildman–Crippen LogP) is 1.84. The monoisotopic (exact) mass is 421 g/mol. The van der Waals surface area contributed by atoms with Crippen molar-refractivity contribution in [3.8, 4) is 5.75 Å². The molecule has 0 spiro atoms. The van der Waals surface area contributed by atoms with Gasteiger partial charge in [-0.05, 0) is 48.1 Å². The summed E-state index contributed by atoms with van der Waals surface area (Å²) in [4.78, 5) is 0. The van der Waals surface area contributed by atoms with Gasteiger partial charge in [0.05, 0.1) is 26.9 Å². The summed E-state index contributed by atoms with van der Waals surface area (Å²) >= 11 is 6.23. The molecule has 0 bridgehead atoms. The first-order valence-electron chi connectivity index (χ1n) is 14.4. The third-order valence-corrected chi connectivity index (χ3v) is 4.16. The van der Waals surface area contributed by atoms with Gasteiger partial charge in [-0.1, -0.05) is 35.8 Å². The quantitative estimate of drug-likeness (QED) is 0.568. The Morgan fingerprint density at radius 2 is 1.96 bits per heavy atom. The zero-order valence-electron chi connectivity index (χ0n) is 27.2. The predicted molar refractivity (Wildman–Crippen MR) is 105 cm³/mol. The molecule has 28 heavy (non-hydrogen) atoms. The standard InChI is InChI=1S/C21H25ClO6/c1-2-27-15-6-3-12(4-7-15)9-14-10-13(5-8-16(14)22)21-20(26)19(25)18(24)17(11-23)28-21/h3-8,10,17-21,23-26H,2,9,11H2,1H3/t17-,18-,19+,20-,21+/m1/s1/i1D3,2D2,5D,8D,10D,17D,18D,19D,20D,21D. The molecule has 0 aromatic heterocycles. The summed E-state index contributed by atoms with van der Waals surface area (Å²) in [5.41, 5.74) is -1.16. The molecule has 0 radical (unpaired) electrons. The van der Waals surface area contributed by atoms with E-state index in [-0.39, 0.29) is 23.3 Å². The molecule has 6 nitrogen and oxygen atoms in total. The third kappa shape index (κ3) is 4.49. The molecule has 2 aromatic rings. The van der Waals surface area contributed by atoms with Gasteiger partial charge in [0.15, 0.2) is 0 Å². The number of ether oxygens (including phenoxy) is 2. The average Bonchev–Trinajstić information content (AvgIpc) is 2.84. The van der Waals surface area contributed by atoms with E-state index in [1.165, 1.54) is 24.3 Å². The van der Waals surface area contributed by atoms with Crippen molar-refractivity contribution in [1.82, 2.24) is 0 Å². The molecule has 1 aliphatic rings. The van der Waals surface area contributed by atoms with Gasteiger partial charge in [0.1, 0.15) is 36.1 Å². The highest BCUT2D eigenvalue weighted by Gasteiger charge is 2.43. The fraction of sp³-hybridized carbons (Fsp3) is 0.429. The van der Waals surface area contributed by atoms with Gasteiger partial charge in [-0.3, -0.25) is 0 Å². The largest absolute Gasteiger partial charge is 0.494 e. The van der Waals surface area contributed by atoms with Gasteiger partial charge >= 0.3 is 0 Å². The molecule has 152 valence electrons. The Balaban J connectivity index is 2.15. The number of aliphatic hydroxyl groups is 4. The molecule has 4 N–H and O–H groups in total. The van der Waals surface area contributed by atoms with Crippen molar-refractivity contribution < 1.29 is 47.7 Å². The molecule has 0 aliphatic carbocycles. The van der Waals surface area contributed by atoms with Crippen LogP contribution in [0.4, 0.5) is 0 Å². The number of aliphatic hydroxyl groups excluding tert-OH is 1. The van der Waals surface area contributed by atoms with Crippen molar-refractivity contribution in [1.29, 1.82) is 0 Å². The minimum atomic E-state index is -4.15. The van der Waals surface area contributed by atoms with E-state index in [1.807, 2.05) is 0 Å². The lowest BCUT2D eigenvalue weighted by Crippen LogP contribution is -2.55. The van der Waals surface area contributed by atoms with Crippen LogP contribution in [0, 0.1) is 0 Å². The minimum absolute atomic E-state index is 0.177. The molecular formula is C21H25ClO6. The Bertz CT molecular complexity index is 1330. The highest BCUT2D eigenvalue weighted by molar-refractivity contribution is 6.31. The van der Waals surface area contributed by atoms with E-state index >= 15 is 0 Å². The first-order valence-corrected chi connectivity index (χ1v) is 8.25. The molecule has 1 heterocycles. The fourth-order valence-corrected chi connectivity index (χ4v) is 2.61. The Hall–Kier alpha value is -1.67. The lowest BCUT2D eigenvalue weighted by molar-refractivity contribution is -0.231. The van der Waals surface area contributed by atoms with E-state index in [0.717, 1.165) is 0 Å². The van der Waals surface area contributed by atoms with Crippen molar-refractivity contribution in [2.75, 3.05) is 13.2 Å². The van der Waals surface area contributed by atoms with E-state index in [4.69, 9.17) is 38.9 Å². The maximum Gasteiger partial charge on any atom is 0.119 e. The summed E-state index contributed by atoms with van der Waals surface area (Å²) in [6, 6.07) is 2.16. The van der Waals surface area contributed by atoms with Crippen molar-refractivity contribution in [3.05, 3.63) is 64.1 Å². The summed E-state index contributed by atoms with van der Waals surface area (Å²) in [5.74, 6) is -0.177. The van der Waals surface area contributed by atoms with Crippen LogP contribution in [0.3, 0.4) is 0 Å². The first kappa shape index (κ1) is 9.89. The van der Waals surface area contributed by atoms with Crippen LogP contribution in [0.15, 0.2) is 42.4 Å². The lowest BCUT2D eigenvalue weighted by Gasteiger charge is -2.40. The molecule has 5 atom stereocenters. The summed E-state index contributed by atoms with van der Waals surface area (Å²) < 4.78 is 113. The summed E-state index contributed by atoms with van der Waals surface area (Å²) in [6.45, 7) is -7.76. The smallest absolute Gasteiger partial charge is 0.119 e. The molecule has 3 rings (SSSR count). The van der Waals surface area contributed by atoms with Gasteiger partial charge in [0, 0.05) is 9.13 Å². The maximum absolute atomic E-state index is 10.8. The minimum Gasteiger partial charge on any atom is -0.494 e. The van der Waals surface area contributed by atoms with Gasteiger partial charge in [-0.2, -0.15) is 0 Å². The van der Waals surface area contributed by atoms with Gasteiger partial charge < -0.3 is 29.9 Å². The van der Waals surface area contributed by atoms with Crippen LogP contribution in [0.5, 0.6) is 5.75 Å². The zero-order valence-corrected chi connectivity index (χ0v) is 15.0. The lowest BCUT2D eigenvalue weighted by atomic mass is 9.90. The van der Waals surface area contributed by atoms with Gasteiger partial charge in [-0.25, -0.2) is 0 Å². The molecule has 0 saturated carbocycles. The molecule has 0 amide bonds. The topological polar surface area (TPSA) is 99.4 Å². The summed E-state index contributed by atoms with van der Waals surface area (Å²) in [5, 5.41) is 40.9. The summed E-state index contributed by atoms with van der Waals surface area (Å²) in [7, 11) is 0. The van der Waals surface area contributed by atoms with Gasteiger partial charge in [0.2, 0.25) is 0 Å². The van der Waals surface area contributed by atoms with Crippen LogP contribution < -0.4 is 4.74 Å². The third-order valence-electron chi connectivity index (χ3n) is 3.83. The number of rotatable bonds is 6. The second-order valence-electron chi connectivity index (χ2n) is 5.63. The van der Waals surface area contributed by atoms with Crippen LogP contribution in [-0.4, -0.2) is 57.9 Å². The SMILES string of the molecule is [2H]c1c([2H])c([C@]2([2H])O[C@]([2H])(CO)[C@@]([2H])(O)[C@]([2H])(O)[C@@]2([2H])O)c([2H])c(Cc2ccc(OC([2H])([2H])C([2H])([2H])[2H])cc2)c1Cl. The van der Waals surface area contributed by atoms with Crippen LogP contribution in [0.25, 0.3) is 0 Å². The van der Waals surface area contributed by atoms with E-state index in [0.29, 0.717) is 0 Å². The number of halogens is 1. The average molecular weight is 422 g/mol. The van der Waals surface area contributed by atoms with Crippen LogP contribution in [-0.2, 0) is 11.2 Å². The Morgan fingerprint density at radius 1 is 1.21 bits per heavy atom. The Labute approximate surface area is 187 Å². The molecule has 1 aliphatic heterocycles. The number of hydrogen-bond acceptors (Lipinski definition) is 6. The Kier molecular flexibility index (Phi) is 3.26. The van der Waals surface area contributed by atoms with E-state index in [9.17, 15) is 20.4 Å². The molecule has 0 unspecified atom stereocenters. The van der Waals surface area contributed by atoms with Crippen molar-refractivity contribution >= 4 is 11.6 Å². The molecule has 7 heteroatoms. The first-order chi connectivity index (χ1) is 18.3. The number of benzene rings is 2. The number of hydrogen-bond donors (Lipinski definition) is 4. The van der Waals surface area contributed by atoms with Crippen LogP contribution >= 0.6 is 11.6 Å². The molecule has 1 saturated heterocycles. The maximum atomic E-state index is 10.8. The molecule has 2 aromatic carbocycles. The van der Waals surface area contributed by atoms with Crippen LogP contribution in [0.2, 0.25) is 5.02 Å². The highest BCUT2D eigenvalue weighted by atomic mass is 35.5. The van der Waals surface area contributed by atoms with E-state index < -0.39 is 79.1 Å². The van der Waals surface area contributed by atoms with E-state index in [1.54, 1.807) is 0 Å². The highest BCUT2D eigenvalue weighted by Crippen LogP contribution is 2.34. The second kappa shape index (κ2) is 9.22. The fourth-order valence-electron chi connectivity index (χ4n) is 2.45. The molecular weight excluding hydrogens is 384 g/mol. The van der Waals surface area contributed by atoms with Gasteiger partial charge in [-0.15, -0.1) is 0 Å². The zero-order chi connectivity index (χ0) is 31.8. The normalized spacial score (nSPS) is 48.4. The van der Waals surface area contributed by atoms with Crippen molar-refractivity contribution in [2.24, 2.45) is 0 Å². The van der Waals surface area contributed by atoms with Crippen LogP contribution in [0.1, 0.15) is 47.4 Å². The van der Waals surface area contributed by atoms with Crippen molar-refractivity contribution in [2.45, 2.75) is 43.7 Å².